The summed E-state index contributed by atoms with van der Waals surface area (Å²) in [5, 5.41) is 3.68. The highest BCUT2D eigenvalue weighted by Crippen LogP contribution is 2.51. The number of anilines is 1. The molecule has 3 N–H and O–H groups in total. The van der Waals surface area contributed by atoms with Gasteiger partial charge in [0.15, 0.2) is 11.0 Å². The predicted molar refractivity (Wildman–Crippen MR) is 133 cm³/mol. The van der Waals surface area contributed by atoms with E-state index in [1.807, 2.05) is 44.1 Å². The molecule has 3 rings (SSSR count). The molecule has 0 unspecified atom stereocenters. The van der Waals surface area contributed by atoms with E-state index >= 15 is 0 Å². The maximum absolute atomic E-state index is 14.9. The fourth-order valence-electron chi connectivity index (χ4n) is 5.27. The van der Waals surface area contributed by atoms with Crippen molar-refractivity contribution in [2.24, 2.45) is 11.1 Å². The number of likely N-dealkylation sites (N-methyl/N-ethyl adjacent to an activating group) is 1. The van der Waals surface area contributed by atoms with Crippen molar-refractivity contribution >= 4 is 34.8 Å². The largest absolute Gasteiger partial charge is 0.388 e. The number of hydrogen-bond acceptors (Lipinski definition) is 4. The lowest BCUT2D eigenvalue weighted by Crippen LogP contribution is -2.57. The molecule has 0 bridgehead atoms. The Morgan fingerprint density at radius 3 is 2.42 bits per heavy atom. The highest BCUT2D eigenvalue weighted by atomic mass is 35.5. The zero-order valence-electron chi connectivity index (χ0n) is 19.9. The topological polar surface area (TPSA) is 71.2 Å². The summed E-state index contributed by atoms with van der Waals surface area (Å²) in [6.45, 7) is 6.34. The number of nitrogens with one attached hydrogen (secondary N) is 1. The van der Waals surface area contributed by atoms with Crippen molar-refractivity contribution in [2.45, 2.75) is 64.0 Å². The van der Waals surface area contributed by atoms with Crippen LogP contribution >= 0.6 is 23.2 Å². The maximum Gasteiger partial charge on any atom is 0.235 e. The van der Waals surface area contributed by atoms with Crippen LogP contribution in [-0.4, -0.2) is 35.9 Å². The van der Waals surface area contributed by atoms with E-state index in [1.165, 1.54) is 6.20 Å². The first-order valence-corrected chi connectivity index (χ1v) is 12.0. The van der Waals surface area contributed by atoms with Gasteiger partial charge in [-0.1, -0.05) is 50.0 Å². The van der Waals surface area contributed by atoms with Gasteiger partial charge < -0.3 is 11.1 Å². The number of nitrogens with zero attached hydrogens (tertiary/aromatic N) is 2. The van der Waals surface area contributed by atoms with Crippen LogP contribution in [0.2, 0.25) is 10.2 Å². The van der Waals surface area contributed by atoms with E-state index in [4.69, 9.17) is 28.9 Å². The summed E-state index contributed by atoms with van der Waals surface area (Å²) in [5.41, 5.74) is 7.95. The fraction of sp³-hybridized carbons (Fsp3) is 0.520. The van der Waals surface area contributed by atoms with E-state index in [1.54, 1.807) is 6.07 Å². The summed E-state index contributed by atoms with van der Waals surface area (Å²) >= 11 is 12.2. The molecule has 1 aliphatic rings. The normalized spacial score (nSPS) is 19.2. The standard InChI is InChI=1S/C25H33Cl2FN4O/c1-15(17-8-13-31-22(27)20(17)28)21(23(29)33)32(5)25(11-9-24(2,3)10-12-25)18-7-6-16(26)14-19(18)30-4/h6-8,13-15,21,30H,9-12H2,1-5H3,(H2,29,33)/t15-,21+/m0/s1. The summed E-state index contributed by atoms with van der Waals surface area (Å²) in [7, 11) is 3.77. The molecule has 1 aromatic carbocycles. The Morgan fingerprint density at radius 1 is 1.21 bits per heavy atom. The van der Waals surface area contributed by atoms with Crippen molar-refractivity contribution in [3.63, 3.8) is 0 Å². The molecular weight excluding hydrogens is 462 g/mol. The lowest BCUT2D eigenvalue weighted by Gasteiger charge is -2.52. The monoisotopic (exact) mass is 494 g/mol. The number of amides is 1. The Hall–Kier alpha value is -1.89. The second-order valence-electron chi connectivity index (χ2n) is 9.89. The van der Waals surface area contributed by atoms with E-state index < -0.39 is 29.2 Å². The average molecular weight is 495 g/mol. The molecule has 1 aromatic heterocycles. The summed E-state index contributed by atoms with van der Waals surface area (Å²) in [6.07, 6.45) is 5.04. The van der Waals surface area contributed by atoms with Crippen LogP contribution in [0.15, 0.2) is 30.5 Å². The number of rotatable bonds is 7. The third-order valence-electron chi connectivity index (χ3n) is 7.41. The summed E-state index contributed by atoms with van der Waals surface area (Å²) in [4.78, 5) is 18.7. The van der Waals surface area contributed by atoms with Gasteiger partial charge in [-0.15, -0.1) is 0 Å². The van der Waals surface area contributed by atoms with Gasteiger partial charge in [0, 0.05) is 35.4 Å². The summed E-state index contributed by atoms with van der Waals surface area (Å²) < 4.78 is 14.9. The molecule has 2 aromatic rings. The van der Waals surface area contributed by atoms with Crippen molar-refractivity contribution in [3.05, 3.63) is 57.6 Å². The van der Waals surface area contributed by atoms with Crippen LogP contribution in [0, 0.1) is 11.2 Å². The minimum atomic E-state index is -0.764. The van der Waals surface area contributed by atoms with E-state index in [0.29, 0.717) is 10.6 Å². The predicted octanol–water partition coefficient (Wildman–Crippen LogP) is 5.95. The Bertz CT molecular complexity index is 1020. The van der Waals surface area contributed by atoms with Crippen LogP contribution in [0.25, 0.3) is 0 Å². The molecule has 2 atom stereocenters. The zero-order valence-corrected chi connectivity index (χ0v) is 21.4. The van der Waals surface area contributed by atoms with E-state index in [2.05, 4.69) is 24.1 Å². The van der Waals surface area contributed by atoms with Gasteiger partial charge in [-0.25, -0.2) is 9.37 Å². The number of carbonyl (C=O) groups excluding carboxylic acids is 1. The number of aromatic nitrogens is 1. The first-order valence-electron chi connectivity index (χ1n) is 11.2. The van der Waals surface area contributed by atoms with Crippen LogP contribution in [-0.2, 0) is 10.3 Å². The molecule has 1 aliphatic carbocycles. The molecule has 5 nitrogen and oxygen atoms in total. The van der Waals surface area contributed by atoms with E-state index in [0.717, 1.165) is 36.9 Å². The molecule has 0 spiro atoms. The van der Waals surface area contributed by atoms with Gasteiger partial charge in [0.1, 0.15) is 0 Å². The second kappa shape index (κ2) is 9.77. The number of carbonyl (C=O) groups is 1. The molecule has 180 valence electrons. The molecule has 0 saturated heterocycles. The minimum absolute atomic E-state index is 0.190. The highest BCUT2D eigenvalue weighted by Gasteiger charge is 2.48. The third-order valence-corrected chi connectivity index (χ3v) is 7.91. The highest BCUT2D eigenvalue weighted by molar-refractivity contribution is 6.31. The molecular formula is C25H33Cl2FN4O. The molecule has 1 amide bonds. The lowest BCUT2D eigenvalue weighted by molar-refractivity contribution is -0.127. The number of pyridine rings is 1. The zero-order chi connectivity index (χ0) is 24.6. The fourth-order valence-corrected chi connectivity index (χ4v) is 5.61. The number of halogens is 3. The van der Waals surface area contributed by atoms with Crippen LogP contribution in [0.1, 0.15) is 63.5 Å². The molecule has 8 heteroatoms. The number of primary amides is 1. The van der Waals surface area contributed by atoms with Crippen molar-refractivity contribution in [1.82, 2.24) is 9.88 Å². The number of nitrogens with two attached hydrogens (primary N) is 1. The minimum Gasteiger partial charge on any atom is -0.388 e. The Kier molecular flexibility index (Phi) is 7.62. The molecule has 1 heterocycles. The Morgan fingerprint density at radius 2 is 1.85 bits per heavy atom. The molecule has 0 radical (unpaired) electrons. The Balaban J connectivity index is 2.14. The quantitative estimate of drug-likeness (QED) is 0.466. The molecule has 0 aliphatic heterocycles. The Labute approximate surface area is 205 Å². The van der Waals surface area contributed by atoms with Crippen LogP contribution in [0.4, 0.5) is 10.1 Å². The van der Waals surface area contributed by atoms with Crippen molar-refractivity contribution in [2.75, 3.05) is 19.4 Å². The van der Waals surface area contributed by atoms with Crippen LogP contribution in [0.3, 0.4) is 0 Å². The van der Waals surface area contributed by atoms with Gasteiger partial charge in [0.25, 0.3) is 0 Å². The van der Waals surface area contributed by atoms with Crippen molar-refractivity contribution < 1.29 is 9.18 Å². The second-order valence-corrected chi connectivity index (χ2v) is 10.7. The first-order chi connectivity index (χ1) is 15.4. The van der Waals surface area contributed by atoms with E-state index in [-0.39, 0.29) is 10.6 Å². The van der Waals surface area contributed by atoms with Crippen LogP contribution in [0.5, 0.6) is 0 Å². The van der Waals surface area contributed by atoms with Gasteiger partial charge in [-0.3, -0.25) is 9.69 Å². The van der Waals surface area contributed by atoms with Gasteiger partial charge in [-0.2, -0.15) is 0 Å². The lowest BCUT2D eigenvalue weighted by atomic mass is 9.65. The SMILES string of the molecule is CNc1cc(Cl)ccc1C1(N(C)[C@@H](C(N)=O)[C@@H](C)c2ccnc(Cl)c2F)CCC(C)(C)CC1. The average Bonchev–Trinajstić information content (AvgIpc) is 2.75. The number of hydrogen-bond donors (Lipinski definition) is 2. The van der Waals surface area contributed by atoms with Gasteiger partial charge in [-0.05, 0) is 67.5 Å². The molecule has 1 saturated carbocycles. The first kappa shape index (κ1) is 25.7. The maximum atomic E-state index is 14.9. The number of benzene rings is 1. The third kappa shape index (κ3) is 4.98. The smallest absolute Gasteiger partial charge is 0.235 e. The van der Waals surface area contributed by atoms with Crippen molar-refractivity contribution in [1.29, 1.82) is 0 Å². The summed E-state index contributed by atoms with van der Waals surface area (Å²) in [5.74, 6) is -1.67. The van der Waals surface area contributed by atoms with Gasteiger partial charge >= 0.3 is 0 Å². The summed E-state index contributed by atoms with van der Waals surface area (Å²) in [6, 6.07) is 6.60. The molecule has 33 heavy (non-hydrogen) atoms. The molecule has 1 fully saturated rings. The van der Waals surface area contributed by atoms with Gasteiger partial charge in [0.05, 0.1) is 6.04 Å². The van der Waals surface area contributed by atoms with Gasteiger partial charge in [0.2, 0.25) is 5.91 Å². The van der Waals surface area contributed by atoms with Crippen LogP contribution < -0.4 is 11.1 Å². The van der Waals surface area contributed by atoms with Crippen molar-refractivity contribution in [3.8, 4) is 0 Å². The van der Waals surface area contributed by atoms with E-state index in [9.17, 15) is 9.18 Å².